The van der Waals surface area contributed by atoms with Gasteiger partial charge in [-0.2, -0.15) is 0 Å². The number of amides is 1. The van der Waals surface area contributed by atoms with Gasteiger partial charge in [0.05, 0.1) is 0 Å². The van der Waals surface area contributed by atoms with E-state index in [-0.39, 0.29) is 0 Å². The Kier molecular flexibility index (Phi) is 5.04. The summed E-state index contributed by atoms with van der Waals surface area (Å²) in [6, 6.07) is 16.2. The van der Waals surface area contributed by atoms with Crippen molar-refractivity contribution in [3.05, 3.63) is 72.6 Å². The van der Waals surface area contributed by atoms with Crippen LogP contribution in [0.4, 0.5) is 16.8 Å². The second-order valence-corrected chi connectivity index (χ2v) is 6.95. The van der Waals surface area contributed by atoms with E-state index in [0.717, 1.165) is 5.56 Å². The van der Waals surface area contributed by atoms with Crippen LogP contribution in [0.1, 0.15) is 10.4 Å². The molecule has 0 aliphatic carbocycles. The maximum absolute atomic E-state index is 11.3. The monoisotopic (exact) mass is 404 g/mol. The van der Waals surface area contributed by atoms with Crippen LogP contribution < -0.4 is 21.5 Å². The number of thiazole rings is 1. The fourth-order valence-corrected chi connectivity index (χ4v) is 3.33. The normalized spacial score (nSPS) is 10.5. The summed E-state index contributed by atoms with van der Waals surface area (Å²) in [6.45, 7) is 0. The lowest BCUT2D eigenvalue weighted by Crippen LogP contribution is -2.11. The summed E-state index contributed by atoms with van der Waals surface area (Å²) >= 11 is 1.26. The minimum Gasteiger partial charge on any atom is -0.444 e. The number of rotatable bonds is 6. The summed E-state index contributed by atoms with van der Waals surface area (Å²) in [5, 5.41) is 4.03. The molecule has 0 spiro atoms. The zero-order valence-corrected chi connectivity index (χ0v) is 15.9. The first kappa shape index (κ1) is 18.4. The van der Waals surface area contributed by atoms with Crippen LogP contribution in [-0.2, 0) is 0 Å². The highest BCUT2D eigenvalue weighted by atomic mass is 32.1. The number of nitrogens with two attached hydrogens (primary N) is 2. The summed E-state index contributed by atoms with van der Waals surface area (Å²) in [5.41, 5.74) is 13.1. The van der Waals surface area contributed by atoms with Crippen LogP contribution >= 0.6 is 11.3 Å². The fraction of sp³-hybridized carbons (Fsp3) is 0. The van der Waals surface area contributed by atoms with Gasteiger partial charge < -0.3 is 21.5 Å². The molecule has 0 aliphatic heterocycles. The van der Waals surface area contributed by atoms with Gasteiger partial charge >= 0.3 is 0 Å². The molecule has 0 bridgehead atoms. The molecule has 0 atom stereocenters. The van der Waals surface area contributed by atoms with E-state index in [0.29, 0.717) is 38.8 Å². The van der Waals surface area contributed by atoms with Crippen LogP contribution in [0.3, 0.4) is 0 Å². The minimum absolute atomic E-state index is 0.350. The standard InChI is InChI=1S/C20H16N6O2S/c21-18(27)13-6-8-23-15(10-13)25-16-11-14(7-9-24-16)28-19-17(26-20(22)29-19)12-4-2-1-3-5-12/h1-11H,(H2,21,27)(H2,22,26)(H,23,24,25). The molecule has 29 heavy (non-hydrogen) atoms. The molecule has 1 aromatic carbocycles. The van der Waals surface area contributed by atoms with E-state index in [9.17, 15) is 4.79 Å². The van der Waals surface area contributed by atoms with Gasteiger partial charge in [-0.25, -0.2) is 15.0 Å². The molecule has 0 fully saturated rings. The first-order valence-corrected chi connectivity index (χ1v) is 9.38. The molecular formula is C20H16N6O2S. The topological polar surface area (TPSA) is 129 Å². The van der Waals surface area contributed by atoms with Crippen molar-refractivity contribution in [2.75, 3.05) is 11.1 Å². The number of primary amides is 1. The molecule has 0 saturated carbocycles. The summed E-state index contributed by atoms with van der Waals surface area (Å²) in [7, 11) is 0. The van der Waals surface area contributed by atoms with Gasteiger partial charge in [0, 0.05) is 29.6 Å². The lowest BCUT2D eigenvalue weighted by molar-refractivity contribution is 0.1000. The van der Waals surface area contributed by atoms with Crippen molar-refractivity contribution in [2.45, 2.75) is 0 Å². The highest BCUT2D eigenvalue weighted by Crippen LogP contribution is 2.39. The number of nitrogens with zero attached hydrogens (tertiary/aromatic N) is 3. The number of anilines is 3. The van der Waals surface area contributed by atoms with Crippen LogP contribution in [0.2, 0.25) is 0 Å². The maximum atomic E-state index is 11.3. The summed E-state index contributed by atoms with van der Waals surface area (Å²) in [5.74, 6) is 0.958. The van der Waals surface area contributed by atoms with E-state index in [2.05, 4.69) is 20.3 Å². The van der Waals surface area contributed by atoms with Gasteiger partial charge in [0.2, 0.25) is 11.0 Å². The number of carbonyl (C=O) groups is 1. The largest absolute Gasteiger partial charge is 0.444 e. The minimum atomic E-state index is -0.531. The first-order valence-electron chi connectivity index (χ1n) is 8.57. The number of hydrogen-bond acceptors (Lipinski definition) is 8. The van der Waals surface area contributed by atoms with E-state index in [4.69, 9.17) is 16.2 Å². The van der Waals surface area contributed by atoms with Gasteiger partial charge in [-0.3, -0.25) is 4.79 Å². The lowest BCUT2D eigenvalue weighted by atomic mass is 10.2. The zero-order chi connectivity index (χ0) is 20.2. The first-order chi connectivity index (χ1) is 14.1. The Morgan fingerprint density at radius 1 is 1.00 bits per heavy atom. The highest BCUT2D eigenvalue weighted by Gasteiger charge is 2.14. The fourth-order valence-electron chi connectivity index (χ4n) is 2.60. The van der Waals surface area contributed by atoms with Gasteiger partial charge in [0.15, 0.2) is 5.13 Å². The van der Waals surface area contributed by atoms with E-state index >= 15 is 0 Å². The third kappa shape index (κ3) is 4.30. The van der Waals surface area contributed by atoms with Crippen LogP contribution in [0, 0.1) is 0 Å². The van der Waals surface area contributed by atoms with Gasteiger partial charge in [-0.15, -0.1) is 0 Å². The van der Waals surface area contributed by atoms with Crippen molar-refractivity contribution in [2.24, 2.45) is 5.73 Å². The van der Waals surface area contributed by atoms with E-state index in [1.165, 1.54) is 17.5 Å². The quantitative estimate of drug-likeness (QED) is 0.445. The van der Waals surface area contributed by atoms with Crippen LogP contribution in [0.5, 0.6) is 10.8 Å². The van der Waals surface area contributed by atoms with Gasteiger partial charge in [-0.1, -0.05) is 41.7 Å². The number of nitrogens with one attached hydrogen (secondary N) is 1. The van der Waals surface area contributed by atoms with Crippen LogP contribution in [-0.4, -0.2) is 20.9 Å². The van der Waals surface area contributed by atoms with Crippen molar-refractivity contribution in [1.82, 2.24) is 15.0 Å². The second kappa shape index (κ2) is 7.95. The van der Waals surface area contributed by atoms with Crippen molar-refractivity contribution < 1.29 is 9.53 Å². The number of carbonyl (C=O) groups excluding carboxylic acids is 1. The lowest BCUT2D eigenvalue weighted by Gasteiger charge is -2.09. The molecule has 3 aromatic heterocycles. The second-order valence-electron chi connectivity index (χ2n) is 5.95. The summed E-state index contributed by atoms with van der Waals surface area (Å²) in [6.07, 6.45) is 3.09. The molecule has 9 heteroatoms. The molecule has 8 nitrogen and oxygen atoms in total. The number of pyridine rings is 2. The SMILES string of the molecule is NC(=O)c1ccnc(Nc2cc(Oc3sc(N)nc3-c3ccccc3)ccn2)c1. The van der Waals surface area contributed by atoms with Crippen molar-refractivity contribution in [3.8, 4) is 22.1 Å². The predicted octanol–water partition coefficient (Wildman–Crippen LogP) is 3.82. The zero-order valence-electron chi connectivity index (χ0n) is 15.1. The molecule has 0 unspecified atom stereocenters. The molecule has 3 heterocycles. The molecule has 1 amide bonds. The van der Waals surface area contributed by atoms with Gasteiger partial charge in [0.1, 0.15) is 23.1 Å². The molecule has 5 N–H and O–H groups in total. The summed E-state index contributed by atoms with van der Waals surface area (Å²) < 4.78 is 6.03. The summed E-state index contributed by atoms with van der Waals surface area (Å²) in [4.78, 5) is 24.1. The molecule has 0 radical (unpaired) electrons. The van der Waals surface area contributed by atoms with Gasteiger partial charge in [-0.05, 0) is 18.2 Å². The Labute approximate surface area is 170 Å². The third-order valence-electron chi connectivity index (χ3n) is 3.90. The number of aromatic nitrogens is 3. The van der Waals surface area contributed by atoms with E-state index < -0.39 is 5.91 Å². The number of nitrogen functional groups attached to an aromatic ring is 1. The predicted molar refractivity (Wildman–Crippen MR) is 112 cm³/mol. The van der Waals surface area contributed by atoms with Gasteiger partial charge in [0.25, 0.3) is 0 Å². The average Bonchev–Trinajstić information content (AvgIpc) is 3.09. The third-order valence-corrected chi connectivity index (χ3v) is 4.66. The Hall–Kier alpha value is -3.98. The van der Waals surface area contributed by atoms with E-state index in [1.807, 2.05) is 30.3 Å². The van der Waals surface area contributed by atoms with Crippen molar-refractivity contribution in [1.29, 1.82) is 0 Å². The van der Waals surface area contributed by atoms with E-state index in [1.54, 1.807) is 30.5 Å². The number of benzene rings is 1. The Bertz CT molecular complexity index is 1160. The molecule has 0 saturated heterocycles. The number of ether oxygens (including phenoxy) is 1. The van der Waals surface area contributed by atoms with Crippen molar-refractivity contribution >= 4 is 34.0 Å². The molecule has 144 valence electrons. The smallest absolute Gasteiger partial charge is 0.248 e. The molecule has 0 aliphatic rings. The van der Waals surface area contributed by atoms with Crippen LogP contribution in [0.25, 0.3) is 11.3 Å². The molecule has 4 aromatic rings. The number of hydrogen-bond donors (Lipinski definition) is 3. The Balaban J connectivity index is 1.58. The maximum Gasteiger partial charge on any atom is 0.248 e. The average molecular weight is 404 g/mol. The highest BCUT2D eigenvalue weighted by molar-refractivity contribution is 7.17. The molecule has 4 rings (SSSR count). The van der Waals surface area contributed by atoms with Crippen LogP contribution in [0.15, 0.2) is 67.0 Å². The molecular weight excluding hydrogens is 388 g/mol. The van der Waals surface area contributed by atoms with Crippen molar-refractivity contribution in [3.63, 3.8) is 0 Å². The Morgan fingerprint density at radius 3 is 2.48 bits per heavy atom. The Morgan fingerprint density at radius 2 is 1.72 bits per heavy atom.